The molecule has 0 unspecified atom stereocenters. The van der Waals surface area contributed by atoms with Crippen LogP contribution in [0.15, 0.2) is 11.4 Å². The minimum atomic E-state index is -2.47. The van der Waals surface area contributed by atoms with Gasteiger partial charge in [-0.05, 0) is 44.6 Å². The Balaban J connectivity index is 1.75. The minimum Gasteiger partial charge on any atom is -0.238 e. The van der Waals surface area contributed by atoms with Gasteiger partial charge >= 0.3 is 0 Å². The summed E-state index contributed by atoms with van der Waals surface area (Å²) in [5.74, 6) is -1.52. The number of aromatic nitrogens is 3. The summed E-state index contributed by atoms with van der Waals surface area (Å²) in [7, 11) is 0. The molecule has 0 N–H and O–H groups in total. The Labute approximate surface area is 139 Å². The van der Waals surface area contributed by atoms with Crippen molar-refractivity contribution in [2.24, 2.45) is 5.92 Å². The summed E-state index contributed by atoms with van der Waals surface area (Å²) in [6.07, 6.45) is 2.79. The standard InChI is InChI=1S/C17H21F2N3S/c1-3-13-10-23-16(22-13)15-20-11(2)8-14(21-15)9-12-4-6-17(18,19)7-5-12/h8,10,12H,3-7,9H2,1-2H3. The molecule has 0 aliphatic heterocycles. The van der Waals surface area contributed by atoms with Crippen LogP contribution in [0.4, 0.5) is 8.78 Å². The normalized spacial score (nSPS) is 18.3. The van der Waals surface area contributed by atoms with Gasteiger partial charge in [-0.25, -0.2) is 23.7 Å². The molecule has 2 heterocycles. The lowest BCUT2D eigenvalue weighted by Crippen LogP contribution is -2.25. The topological polar surface area (TPSA) is 38.7 Å². The van der Waals surface area contributed by atoms with Gasteiger partial charge in [0.25, 0.3) is 0 Å². The molecule has 2 aromatic heterocycles. The predicted molar refractivity (Wildman–Crippen MR) is 87.9 cm³/mol. The first-order valence-electron chi connectivity index (χ1n) is 8.12. The fourth-order valence-corrected chi connectivity index (χ4v) is 3.84. The molecule has 0 bridgehead atoms. The van der Waals surface area contributed by atoms with Gasteiger partial charge in [-0.15, -0.1) is 11.3 Å². The van der Waals surface area contributed by atoms with Crippen LogP contribution in [-0.4, -0.2) is 20.9 Å². The maximum atomic E-state index is 13.3. The van der Waals surface area contributed by atoms with Crippen molar-refractivity contribution >= 4 is 11.3 Å². The summed E-state index contributed by atoms with van der Waals surface area (Å²) in [4.78, 5) is 13.7. The molecule has 0 aromatic carbocycles. The van der Waals surface area contributed by atoms with Gasteiger partial charge in [-0.1, -0.05) is 6.92 Å². The summed E-state index contributed by atoms with van der Waals surface area (Å²) in [6, 6.07) is 1.96. The van der Waals surface area contributed by atoms with Crippen molar-refractivity contribution in [2.75, 3.05) is 0 Å². The van der Waals surface area contributed by atoms with Crippen LogP contribution >= 0.6 is 11.3 Å². The maximum absolute atomic E-state index is 13.3. The molecule has 1 fully saturated rings. The average molecular weight is 337 g/mol. The van der Waals surface area contributed by atoms with Crippen molar-refractivity contribution in [3.63, 3.8) is 0 Å². The quantitative estimate of drug-likeness (QED) is 0.801. The summed E-state index contributed by atoms with van der Waals surface area (Å²) < 4.78 is 26.5. The first-order chi connectivity index (χ1) is 10.9. The fraction of sp³-hybridized carbons (Fsp3) is 0.588. The molecular weight excluding hydrogens is 316 g/mol. The third-order valence-electron chi connectivity index (χ3n) is 4.35. The highest BCUT2D eigenvalue weighted by molar-refractivity contribution is 7.13. The van der Waals surface area contributed by atoms with Crippen molar-refractivity contribution in [1.29, 1.82) is 0 Å². The van der Waals surface area contributed by atoms with E-state index >= 15 is 0 Å². The Bertz CT molecular complexity index is 674. The lowest BCUT2D eigenvalue weighted by Gasteiger charge is -2.28. The molecule has 0 saturated heterocycles. The van der Waals surface area contributed by atoms with Crippen molar-refractivity contribution in [3.8, 4) is 10.8 Å². The lowest BCUT2D eigenvalue weighted by atomic mass is 9.84. The van der Waals surface area contributed by atoms with Crippen LogP contribution in [0.25, 0.3) is 10.8 Å². The molecule has 0 amide bonds. The SMILES string of the molecule is CCc1csc(-c2nc(C)cc(CC3CCC(F)(F)CC3)n2)n1. The summed E-state index contributed by atoms with van der Waals surface area (Å²) in [5, 5.41) is 2.87. The van der Waals surface area contributed by atoms with Gasteiger partial charge in [0, 0.05) is 29.6 Å². The van der Waals surface area contributed by atoms with Gasteiger partial charge in [0.05, 0.1) is 5.69 Å². The van der Waals surface area contributed by atoms with Crippen LogP contribution in [0.1, 0.15) is 49.7 Å². The number of hydrogen-bond acceptors (Lipinski definition) is 4. The zero-order valence-electron chi connectivity index (χ0n) is 13.5. The molecular formula is C17H21F2N3S. The Hall–Kier alpha value is -1.43. The van der Waals surface area contributed by atoms with Gasteiger partial charge in [-0.2, -0.15) is 0 Å². The first kappa shape index (κ1) is 16.4. The van der Waals surface area contributed by atoms with Crippen molar-refractivity contribution in [2.45, 2.75) is 58.3 Å². The largest absolute Gasteiger partial charge is 0.248 e. The Morgan fingerprint density at radius 2 is 1.91 bits per heavy atom. The van der Waals surface area contributed by atoms with E-state index in [0.29, 0.717) is 24.6 Å². The first-order valence-corrected chi connectivity index (χ1v) is 9.00. The number of halogens is 2. The smallest absolute Gasteiger partial charge is 0.238 e. The Kier molecular flexibility index (Phi) is 4.71. The molecule has 0 atom stereocenters. The van der Waals surface area contributed by atoms with E-state index in [1.54, 1.807) is 11.3 Å². The van der Waals surface area contributed by atoms with Gasteiger partial charge in [0.2, 0.25) is 5.92 Å². The summed E-state index contributed by atoms with van der Waals surface area (Å²) >= 11 is 1.56. The molecule has 0 radical (unpaired) electrons. The number of nitrogens with zero attached hydrogens (tertiary/aromatic N) is 3. The number of alkyl halides is 2. The third-order valence-corrected chi connectivity index (χ3v) is 5.23. The zero-order valence-corrected chi connectivity index (χ0v) is 14.3. The average Bonchev–Trinajstić information content (AvgIpc) is 2.98. The van der Waals surface area contributed by atoms with Gasteiger partial charge in [-0.3, -0.25) is 0 Å². The van der Waals surface area contributed by atoms with Crippen LogP contribution in [-0.2, 0) is 12.8 Å². The van der Waals surface area contributed by atoms with E-state index in [-0.39, 0.29) is 12.8 Å². The van der Waals surface area contributed by atoms with E-state index < -0.39 is 5.92 Å². The van der Waals surface area contributed by atoms with Crippen LogP contribution in [0, 0.1) is 12.8 Å². The van der Waals surface area contributed by atoms with E-state index in [2.05, 4.69) is 21.9 Å². The molecule has 6 heteroatoms. The second kappa shape index (κ2) is 6.59. The van der Waals surface area contributed by atoms with Crippen molar-refractivity contribution in [3.05, 3.63) is 28.5 Å². The van der Waals surface area contributed by atoms with E-state index in [0.717, 1.165) is 34.9 Å². The molecule has 1 aliphatic carbocycles. The number of hydrogen-bond donors (Lipinski definition) is 0. The molecule has 1 aliphatic rings. The molecule has 23 heavy (non-hydrogen) atoms. The van der Waals surface area contributed by atoms with Gasteiger partial charge < -0.3 is 0 Å². The van der Waals surface area contributed by atoms with Gasteiger partial charge in [0.1, 0.15) is 0 Å². The molecule has 1 saturated carbocycles. The molecule has 3 nitrogen and oxygen atoms in total. The van der Waals surface area contributed by atoms with Crippen LogP contribution in [0.3, 0.4) is 0 Å². The van der Waals surface area contributed by atoms with Gasteiger partial charge in [0.15, 0.2) is 10.8 Å². The lowest BCUT2D eigenvalue weighted by molar-refractivity contribution is -0.0457. The molecule has 0 spiro atoms. The van der Waals surface area contributed by atoms with E-state index in [4.69, 9.17) is 0 Å². The number of aryl methyl sites for hydroxylation is 2. The molecule has 124 valence electrons. The second-order valence-corrected chi connectivity index (χ2v) is 7.18. The number of rotatable bonds is 4. The van der Waals surface area contributed by atoms with Crippen molar-refractivity contribution < 1.29 is 8.78 Å². The predicted octanol–water partition coefficient (Wildman–Crippen LogP) is 4.84. The highest BCUT2D eigenvalue weighted by Crippen LogP contribution is 2.37. The van der Waals surface area contributed by atoms with E-state index in [9.17, 15) is 8.78 Å². The number of thiazole rings is 1. The summed E-state index contributed by atoms with van der Waals surface area (Å²) in [5.41, 5.74) is 2.89. The monoisotopic (exact) mass is 337 g/mol. The second-order valence-electron chi connectivity index (χ2n) is 6.33. The minimum absolute atomic E-state index is 0.000922. The van der Waals surface area contributed by atoms with E-state index in [1.165, 1.54) is 0 Å². The summed E-state index contributed by atoms with van der Waals surface area (Å²) in [6.45, 7) is 4.01. The van der Waals surface area contributed by atoms with Crippen LogP contribution < -0.4 is 0 Å². The molecule has 2 aromatic rings. The Morgan fingerprint density at radius 1 is 1.17 bits per heavy atom. The fourth-order valence-electron chi connectivity index (χ4n) is 3.01. The van der Waals surface area contributed by atoms with E-state index in [1.807, 2.05) is 18.4 Å². The molecule has 3 rings (SSSR count). The third kappa shape index (κ3) is 4.10. The highest BCUT2D eigenvalue weighted by Gasteiger charge is 2.34. The zero-order chi connectivity index (χ0) is 16.4. The Morgan fingerprint density at radius 3 is 2.57 bits per heavy atom. The van der Waals surface area contributed by atoms with Crippen LogP contribution in [0.2, 0.25) is 0 Å². The van der Waals surface area contributed by atoms with Crippen molar-refractivity contribution in [1.82, 2.24) is 15.0 Å². The van der Waals surface area contributed by atoms with Crippen LogP contribution in [0.5, 0.6) is 0 Å². The highest BCUT2D eigenvalue weighted by atomic mass is 32.1. The maximum Gasteiger partial charge on any atom is 0.248 e.